The van der Waals surface area contributed by atoms with Crippen LogP contribution in [0, 0.1) is 0 Å². The molecule has 2 rings (SSSR count). The summed E-state index contributed by atoms with van der Waals surface area (Å²) in [5, 5.41) is 10.7. The van der Waals surface area contributed by atoms with E-state index >= 15 is 0 Å². The van der Waals surface area contributed by atoms with E-state index in [1.54, 1.807) is 6.07 Å². The Morgan fingerprint density at radius 3 is 2.69 bits per heavy atom. The first kappa shape index (κ1) is 10.8. The predicted molar refractivity (Wildman–Crippen MR) is 57.1 cm³/mol. The van der Waals surface area contributed by atoms with Crippen LogP contribution < -0.4 is 15.8 Å². The fraction of sp³-hybridized carbons (Fsp3) is 0.500. The van der Waals surface area contributed by atoms with Crippen molar-refractivity contribution in [2.45, 2.75) is 18.9 Å². The van der Waals surface area contributed by atoms with Gasteiger partial charge in [0, 0.05) is 6.07 Å². The number of aromatic nitrogens is 2. The van der Waals surface area contributed by atoms with Gasteiger partial charge in [-0.25, -0.2) is 0 Å². The number of nitrogens with two attached hydrogens (primary N) is 1. The van der Waals surface area contributed by atoms with Gasteiger partial charge in [0.15, 0.2) is 5.69 Å². The topological polar surface area (TPSA) is 90.1 Å². The summed E-state index contributed by atoms with van der Waals surface area (Å²) in [6.07, 6.45) is 2.09. The molecule has 0 spiro atoms. The SMILES string of the molecule is NC(=O)c1ccc(OC2CCNCC2)nn1. The molecule has 0 aromatic carbocycles. The van der Waals surface area contributed by atoms with Crippen LogP contribution in [-0.4, -0.2) is 35.3 Å². The average molecular weight is 222 g/mol. The van der Waals surface area contributed by atoms with Crippen molar-refractivity contribution in [1.82, 2.24) is 15.5 Å². The number of nitrogens with one attached hydrogen (secondary N) is 1. The van der Waals surface area contributed by atoms with Gasteiger partial charge >= 0.3 is 0 Å². The molecule has 0 atom stereocenters. The molecule has 1 aliphatic rings. The van der Waals surface area contributed by atoms with Gasteiger partial charge in [0.05, 0.1) is 0 Å². The van der Waals surface area contributed by atoms with Crippen molar-refractivity contribution in [1.29, 1.82) is 0 Å². The largest absolute Gasteiger partial charge is 0.473 e. The second kappa shape index (κ2) is 4.89. The van der Waals surface area contributed by atoms with Gasteiger partial charge in [0.1, 0.15) is 6.10 Å². The molecule has 1 amide bonds. The standard InChI is InChI=1S/C10H14N4O2/c11-10(15)8-1-2-9(14-13-8)16-7-3-5-12-6-4-7/h1-2,7,12H,3-6H2,(H2,11,15). The Labute approximate surface area is 93.2 Å². The maximum absolute atomic E-state index is 10.8. The predicted octanol–water partition coefficient (Wildman–Crippen LogP) is -0.294. The minimum absolute atomic E-state index is 0.151. The summed E-state index contributed by atoms with van der Waals surface area (Å²) in [5.74, 6) is -0.141. The number of amides is 1. The molecule has 6 nitrogen and oxygen atoms in total. The maximum atomic E-state index is 10.8. The van der Waals surface area contributed by atoms with Crippen LogP contribution in [0.15, 0.2) is 12.1 Å². The molecule has 1 saturated heterocycles. The molecule has 1 aromatic heterocycles. The monoisotopic (exact) mass is 222 g/mol. The molecule has 1 aromatic rings. The van der Waals surface area contributed by atoms with E-state index in [1.807, 2.05) is 0 Å². The summed E-state index contributed by atoms with van der Waals surface area (Å²) in [4.78, 5) is 10.8. The summed E-state index contributed by atoms with van der Waals surface area (Å²) < 4.78 is 5.62. The summed E-state index contributed by atoms with van der Waals surface area (Å²) in [6, 6.07) is 3.14. The first-order valence-corrected chi connectivity index (χ1v) is 5.26. The van der Waals surface area contributed by atoms with E-state index in [1.165, 1.54) is 6.07 Å². The highest BCUT2D eigenvalue weighted by atomic mass is 16.5. The van der Waals surface area contributed by atoms with E-state index in [2.05, 4.69) is 15.5 Å². The van der Waals surface area contributed by atoms with Gasteiger partial charge in [-0.3, -0.25) is 4.79 Å². The van der Waals surface area contributed by atoms with Crippen LogP contribution in [0.3, 0.4) is 0 Å². The van der Waals surface area contributed by atoms with Crippen LogP contribution in [0.1, 0.15) is 23.3 Å². The molecule has 86 valence electrons. The minimum atomic E-state index is -0.582. The van der Waals surface area contributed by atoms with Crippen molar-refractivity contribution in [3.8, 4) is 5.88 Å². The average Bonchev–Trinajstić information content (AvgIpc) is 2.31. The lowest BCUT2D eigenvalue weighted by atomic mass is 10.1. The Bertz CT molecular complexity index is 360. The Hall–Kier alpha value is -1.69. The van der Waals surface area contributed by atoms with Crippen LogP contribution in [0.25, 0.3) is 0 Å². The first-order valence-electron chi connectivity index (χ1n) is 5.26. The number of rotatable bonds is 3. The lowest BCUT2D eigenvalue weighted by Crippen LogP contribution is -2.34. The van der Waals surface area contributed by atoms with Crippen LogP contribution in [0.5, 0.6) is 5.88 Å². The van der Waals surface area contributed by atoms with E-state index in [0.29, 0.717) is 5.88 Å². The molecule has 0 radical (unpaired) electrons. The van der Waals surface area contributed by atoms with Crippen molar-refractivity contribution in [2.24, 2.45) is 5.73 Å². The van der Waals surface area contributed by atoms with Gasteiger partial charge in [-0.15, -0.1) is 10.2 Å². The van der Waals surface area contributed by atoms with E-state index in [-0.39, 0.29) is 11.8 Å². The van der Waals surface area contributed by atoms with Crippen molar-refractivity contribution in [3.63, 3.8) is 0 Å². The van der Waals surface area contributed by atoms with E-state index < -0.39 is 5.91 Å². The van der Waals surface area contributed by atoms with Crippen molar-refractivity contribution in [3.05, 3.63) is 17.8 Å². The van der Waals surface area contributed by atoms with E-state index in [0.717, 1.165) is 25.9 Å². The van der Waals surface area contributed by atoms with Crippen LogP contribution in [-0.2, 0) is 0 Å². The Kier molecular flexibility index (Phi) is 3.31. The van der Waals surface area contributed by atoms with Gasteiger partial charge in [-0.05, 0) is 32.0 Å². The normalized spacial score (nSPS) is 17.0. The summed E-state index contributed by atoms with van der Waals surface area (Å²) in [7, 11) is 0. The molecule has 0 unspecified atom stereocenters. The second-order valence-corrected chi connectivity index (χ2v) is 3.69. The van der Waals surface area contributed by atoms with Gasteiger partial charge in [-0.1, -0.05) is 0 Å². The number of hydrogen-bond donors (Lipinski definition) is 2. The number of carbonyl (C=O) groups excluding carboxylic acids is 1. The number of carbonyl (C=O) groups is 1. The molecule has 1 aliphatic heterocycles. The molecule has 3 N–H and O–H groups in total. The highest BCUT2D eigenvalue weighted by Crippen LogP contribution is 2.12. The molecule has 0 saturated carbocycles. The Morgan fingerprint density at radius 1 is 1.38 bits per heavy atom. The maximum Gasteiger partial charge on any atom is 0.269 e. The zero-order chi connectivity index (χ0) is 11.4. The number of nitrogens with zero attached hydrogens (tertiary/aromatic N) is 2. The third-order valence-corrected chi connectivity index (χ3v) is 2.47. The molecule has 2 heterocycles. The zero-order valence-electron chi connectivity index (χ0n) is 8.85. The fourth-order valence-electron chi connectivity index (χ4n) is 1.60. The summed E-state index contributed by atoms with van der Waals surface area (Å²) in [6.45, 7) is 1.91. The smallest absolute Gasteiger partial charge is 0.269 e. The number of primary amides is 1. The lowest BCUT2D eigenvalue weighted by molar-refractivity contribution is 0.0994. The van der Waals surface area contributed by atoms with Gasteiger partial charge in [0.25, 0.3) is 5.91 Å². The van der Waals surface area contributed by atoms with Crippen LogP contribution >= 0.6 is 0 Å². The number of hydrogen-bond acceptors (Lipinski definition) is 5. The van der Waals surface area contributed by atoms with E-state index in [9.17, 15) is 4.79 Å². The summed E-state index contributed by atoms with van der Waals surface area (Å²) >= 11 is 0. The Morgan fingerprint density at radius 2 is 2.12 bits per heavy atom. The third-order valence-electron chi connectivity index (χ3n) is 2.47. The molecule has 0 bridgehead atoms. The lowest BCUT2D eigenvalue weighted by Gasteiger charge is -2.22. The molecular formula is C10H14N4O2. The second-order valence-electron chi connectivity index (χ2n) is 3.69. The first-order chi connectivity index (χ1) is 7.75. The minimum Gasteiger partial charge on any atom is -0.473 e. The zero-order valence-corrected chi connectivity index (χ0v) is 8.85. The Balaban J connectivity index is 1.96. The molecule has 1 fully saturated rings. The van der Waals surface area contributed by atoms with Gasteiger partial charge < -0.3 is 15.8 Å². The highest BCUT2D eigenvalue weighted by molar-refractivity contribution is 5.90. The number of ether oxygens (including phenoxy) is 1. The van der Waals surface area contributed by atoms with Crippen LogP contribution in [0.4, 0.5) is 0 Å². The van der Waals surface area contributed by atoms with Gasteiger partial charge in [0.2, 0.25) is 5.88 Å². The third kappa shape index (κ3) is 2.66. The quantitative estimate of drug-likeness (QED) is 0.733. The fourth-order valence-corrected chi connectivity index (χ4v) is 1.60. The highest BCUT2D eigenvalue weighted by Gasteiger charge is 2.15. The molecule has 0 aliphatic carbocycles. The van der Waals surface area contributed by atoms with Crippen molar-refractivity contribution in [2.75, 3.05) is 13.1 Å². The van der Waals surface area contributed by atoms with Gasteiger partial charge in [-0.2, -0.15) is 0 Å². The van der Waals surface area contributed by atoms with Crippen molar-refractivity contribution >= 4 is 5.91 Å². The van der Waals surface area contributed by atoms with E-state index in [4.69, 9.17) is 10.5 Å². The van der Waals surface area contributed by atoms with Crippen molar-refractivity contribution < 1.29 is 9.53 Å². The number of piperidine rings is 1. The van der Waals surface area contributed by atoms with Crippen LogP contribution in [0.2, 0.25) is 0 Å². The molecule has 6 heteroatoms. The molecule has 16 heavy (non-hydrogen) atoms. The summed E-state index contributed by atoms with van der Waals surface area (Å²) in [5.41, 5.74) is 5.21. The molecular weight excluding hydrogens is 208 g/mol.